The molecule has 2 atom stereocenters. The van der Waals surface area contributed by atoms with Crippen molar-refractivity contribution in [1.29, 1.82) is 0 Å². The second-order valence-corrected chi connectivity index (χ2v) is 5.47. The zero-order valence-corrected chi connectivity index (χ0v) is 10.7. The van der Waals surface area contributed by atoms with Crippen molar-refractivity contribution in [3.63, 3.8) is 0 Å². The average molecular weight is 245 g/mol. The summed E-state index contributed by atoms with van der Waals surface area (Å²) in [5.41, 5.74) is 7.21. The highest BCUT2D eigenvalue weighted by molar-refractivity contribution is 5.98. The van der Waals surface area contributed by atoms with Gasteiger partial charge < -0.3 is 10.6 Å². The quantitative estimate of drug-likeness (QED) is 0.867. The maximum Gasteiger partial charge on any atom is 0.230 e. The molecule has 0 radical (unpaired) electrons. The van der Waals surface area contributed by atoms with Gasteiger partial charge in [-0.05, 0) is 30.7 Å². The number of hydrogen-bond donors (Lipinski definition) is 1. The van der Waals surface area contributed by atoms with E-state index >= 15 is 0 Å². The lowest BCUT2D eigenvalue weighted by molar-refractivity contribution is -0.120. The molecule has 2 aliphatic carbocycles. The summed E-state index contributed by atoms with van der Waals surface area (Å²) in [7, 11) is 1.82. The summed E-state index contributed by atoms with van der Waals surface area (Å²) in [6.07, 6.45) is 8.29. The van der Waals surface area contributed by atoms with Crippen LogP contribution in [0.5, 0.6) is 0 Å². The van der Waals surface area contributed by atoms with Gasteiger partial charge in [-0.3, -0.25) is 9.78 Å². The van der Waals surface area contributed by atoms with E-state index in [9.17, 15) is 4.79 Å². The van der Waals surface area contributed by atoms with Crippen LogP contribution in [0.4, 0.5) is 11.4 Å². The minimum absolute atomic E-state index is 0.227. The van der Waals surface area contributed by atoms with Crippen LogP contribution in [0, 0.1) is 17.8 Å². The van der Waals surface area contributed by atoms with Gasteiger partial charge in [-0.15, -0.1) is 0 Å². The Morgan fingerprint density at radius 2 is 2.06 bits per heavy atom. The first kappa shape index (κ1) is 11.5. The Morgan fingerprint density at radius 1 is 1.39 bits per heavy atom. The van der Waals surface area contributed by atoms with Crippen molar-refractivity contribution in [1.82, 2.24) is 4.98 Å². The van der Waals surface area contributed by atoms with Crippen LogP contribution in [0.15, 0.2) is 18.5 Å². The third-order valence-electron chi connectivity index (χ3n) is 4.46. The number of anilines is 2. The summed E-state index contributed by atoms with van der Waals surface area (Å²) in [5.74, 6) is 1.74. The van der Waals surface area contributed by atoms with Crippen molar-refractivity contribution < 1.29 is 4.79 Å². The van der Waals surface area contributed by atoms with Gasteiger partial charge in [0.15, 0.2) is 0 Å². The van der Waals surface area contributed by atoms with Gasteiger partial charge in [-0.2, -0.15) is 0 Å². The number of nitrogens with two attached hydrogens (primary N) is 1. The van der Waals surface area contributed by atoms with E-state index in [4.69, 9.17) is 5.73 Å². The lowest BCUT2D eigenvalue weighted by Gasteiger charge is -2.19. The van der Waals surface area contributed by atoms with Crippen molar-refractivity contribution in [3.8, 4) is 0 Å². The predicted octanol–water partition coefficient (Wildman–Crippen LogP) is 2.06. The largest absolute Gasteiger partial charge is 0.396 e. The van der Waals surface area contributed by atoms with Crippen LogP contribution in [0.25, 0.3) is 0 Å². The molecule has 1 aromatic heterocycles. The van der Waals surface area contributed by atoms with Crippen LogP contribution in [-0.4, -0.2) is 17.9 Å². The first-order valence-corrected chi connectivity index (χ1v) is 6.67. The van der Waals surface area contributed by atoms with Gasteiger partial charge in [0.2, 0.25) is 5.91 Å². The summed E-state index contributed by atoms with van der Waals surface area (Å²) in [4.78, 5) is 18.1. The van der Waals surface area contributed by atoms with E-state index < -0.39 is 0 Å². The van der Waals surface area contributed by atoms with E-state index in [-0.39, 0.29) is 11.8 Å². The van der Waals surface area contributed by atoms with Crippen molar-refractivity contribution >= 4 is 17.3 Å². The Morgan fingerprint density at radius 3 is 2.67 bits per heavy atom. The standard InChI is InChI=1S/C14H19N3O/c1-17(12-6-7-16-8-11(12)15)14(18)13-9-4-2-3-5-10(9)13/h6-10,13H,2-5,15H2,1H3. The van der Waals surface area contributed by atoms with Crippen LogP contribution in [0.1, 0.15) is 25.7 Å². The van der Waals surface area contributed by atoms with Crippen molar-refractivity contribution in [2.45, 2.75) is 25.7 Å². The fourth-order valence-corrected chi connectivity index (χ4v) is 3.41. The van der Waals surface area contributed by atoms with Gasteiger partial charge in [0, 0.05) is 19.2 Å². The summed E-state index contributed by atoms with van der Waals surface area (Å²) in [6, 6.07) is 1.80. The molecule has 96 valence electrons. The first-order chi connectivity index (χ1) is 8.70. The molecule has 0 spiro atoms. The van der Waals surface area contributed by atoms with Crippen molar-refractivity contribution in [2.24, 2.45) is 17.8 Å². The summed E-state index contributed by atoms with van der Waals surface area (Å²) >= 11 is 0. The number of hydrogen-bond acceptors (Lipinski definition) is 3. The topological polar surface area (TPSA) is 59.2 Å². The molecule has 2 aliphatic rings. The molecule has 4 nitrogen and oxygen atoms in total. The number of carbonyl (C=O) groups is 1. The number of amides is 1. The van der Waals surface area contributed by atoms with Crippen LogP contribution in [0.2, 0.25) is 0 Å². The fraction of sp³-hybridized carbons (Fsp3) is 0.571. The van der Waals surface area contributed by atoms with Crippen LogP contribution >= 0.6 is 0 Å². The molecular formula is C14H19N3O. The molecule has 0 aromatic carbocycles. The number of carbonyl (C=O) groups excluding carboxylic acids is 1. The molecule has 2 unspecified atom stereocenters. The number of pyridine rings is 1. The summed E-state index contributed by atoms with van der Waals surface area (Å²) in [6.45, 7) is 0. The second kappa shape index (κ2) is 4.26. The fourth-order valence-electron chi connectivity index (χ4n) is 3.41. The molecule has 0 bridgehead atoms. The van der Waals surface area contributed by atoms with E-state index in [1.54, 1.807) is 23.4 Å². The van der Waals surface area contributed by atoms with Gasteiger partial charge in [0.25, 0.3) is 0 Å². The van der Waals surface area contributed by atoms with Crippen LogP contribution in [-0.2, 0) is 4.79 Å². The smallest absolute Gasteiger partial charge is 0.230 e. The van der Waals surface area contributed by atoms with Crippen LogP contribution < -0.4 is 10.6 Å². The Bertz CT molecular complexity index is 462. The molecule has 2 fully saturated rings. The lowest BCUT2D eigenvalue weighted by atomic mass is 10.0. The van der Waals surface area contributed by atoms with Gasteiger partial charge in [0.1, 0.15) is 0 Å². The van der Waals surface area contributed by atoms with Gasteiger partial charge in [-0.25, -0.2) is 0 Å². The number of rotatable bonds is 2. The van der Waals surface area contributed by atoms with Crippen LogP contribution in [0.3, 0.4) is 0 Å². The lowest BCUT2D eigenvalue weighted by Crippen LogP contribution is -2.29. The average Bonchev–Trinajstić information content (AvgIpc) is 3.12. The highest BCUT2D eigenvalue weighted by Gasteiger charge is 2.55. The molecule has 2 saturated carbocycles. The molecule has 1 amide bonds. The van der Waals surface area contributed by atoms with E-state index in [0.717, 1.165) is 5.69 Å². The van der Waals surface area contributed by atoms with E-state index in [0.29, 0.717) is 17.5 Å². The first-order valence-electron chi connectivity index (χ1n) is 6.67. The monoisotopic (exact) mass is 245 g/mol. The molecular weight excluding hydrogens is 226 g/mol. The molecule has 1 aromatic rings. The Hall–Kier alpha value is -1.58. The third kappa shape index (κ3) is 1.76. The maximum absolute atomic E-state index is 12.5. The van der Waals surface area contributed by atoms with E-state index in [1.165, 1.54) is 25.7 Å². The van der Waals surface area contributed by atoms with Gasteiger partial charge in [-0.1, -0.05) is 12.8 Å². The highest BCUT2D eigenvalue weighted by Crippen LogP contribution is 2.56. The maximum atomic E-state index is 12.5. The molecule has 0 saturated heterocycles. The Kier molecular flexibility index (Phi) is 2.73. The van der Waals surface area contributed by atoms with E-state index in [2.05, 4.69) is 4.98 Å². The SMILES string of the molecule is CN(C(=O)C1C2CCCCC21)c1ccncc1N. The normalized spacial score (nSPS) is 29.5. The van der Waals surface area contributed by atoms with Gasteiger partial charge in [0.05, 0.1) is 17.6 Å². The summed E-state index contributed by atoms with van der Waals surface area (Å²) in [5, 5.41) is 0. The van der Waals surface area contributed by atoms with E-state index in [1.807, 2.05) is 7.05 Å². The zero-order valence-electron chi connectivity index (χ0n) is 10.7. The minimum atomic E-state index is 0.227. The zero-order chi connectivity index (χ0) is 12.7. The van der Waals surface area contributed by atoms with Gasteiger partial charge >= 0.3 is 0 Å². The Labute approximate surface area is 107 Å². The molecule has 18 heavy (non-hydrogen) atoms. The molecule has 1 heterocycles. The second-order valence-electron chi connectivity index (χ2n) is 5.47. The number of aromatic nitrogens is 1. The summed E-state index contributed by atoms with van der Waals surface area (Å²) < 4.78 is 0. The van der Waals surface area contributed by atoms with Crippen molar-refractivity contribution in [3.05, 3.63) is 18.5 Å². The molecule has 4 heteroatoms. The van der Waals surface area contributed by atoms with Crippen molar-refractivity contribution in [2.75, 3.05) is 17.7 Å². The Balaban J connectivity index is 1.75. The number of nitrogens with zero attached hydrogens (tertiary/aromatic N) is 2. The third-order valence-corrected chi connectivity index (χ3v) is 4.46. The molecule has 3 rings (SSSR count). The predicted molar refractivity (Wildman–Crippen MR) is 71.0 cm³/mol. The highest BCUT2D eigenvalue weighted by atomic mass is 16.2. The number of nitrogen functional groups attached to an aromatic ring is 1. The minimum Gasteiger partial charge on any atom is -0.396 e. The molecule has 0 aliphatic heterocycles. The molecule has 2 N–H and O–H groups in total. The number of fused-ring (bicyclic) bond motifs is 1.